The Bertz CT molecular complexity index is 1750. The summed E-state index contributed by atoms with van der Waals surface area (Å²) in [6.07, 6.45) is 1.03. The summed E-state index contributed by atoms with van der Waals surface area (Å²) in [6.45, 7) is 0.373. The molecule has 0 fully saturated rings. The second kappa shape index (κ2) is 17.8. The van der Waals surface area contributed by atoms with Crippen molar-refractivity contribution in [3.05, 3.63) is 52.1 Å². The van der Waals surface area contributed by atoms with Crippen LogP contribution in [0.15, 0.2) is 35.3 Å². The van der Waals surface area contributed by atoms with Crippen LogP contribution in [-0.4, -0.2) is 96.2 Å². The topological polar surface area (TPSA) is 333 Å². The maximum Gasteiger partial charge on any atom is 0.327 e. The van der Waals surface area contributed by atoms with Crippen LogP contribution in [0.4, 0.5) is 11.6 Å². The Morgan fingerprint density at radius 2 is 1.65 bits per heavy atom. The number of guanidine groups is 1. The van der Waals surface area contributed by atoms with Crippen LogP contribution in [0, 0.1) is 5.41 Å². The Morgan fingerprint density at radius 3 is 2.29 bits per heavy atom. The Balaban J connectivity index is 1.55. The number of hydrogen-bond donors (Lipinski definition) is 12. The van der Waals surface area contributed by atoms with Gasteiger partial charge in [0.2, 0.25) is 17.8 Å². The summed E-state index contributed by atoms with van der Waals surface area (Å²) in [5.74, 6) is -5.51. The maximum atomic E-state index is 12.8. The number of anilines is 2. The molecule has 1 aromatic carbocycles. The van der Waals surface area contributed by atoms with Gasteiger partial charge in [-0.1, -0.05) is 0 Å². The number of nitrogens with one attached hydrogen (secondary N) is 7. The molecule has 0 saturated heterocycles. The van der Waals surface area contributed by atoms with Crippen LogP contribution in [-0.2, 0) is 25.7 Å². The van der Waals surface area contributed by atoms with Crippen LogP contribution >= 0.6 is 12.6 Å². The molecule has 262 valence electrons. The molecule has 49 heavy (non-hydrogen) atoms. The molecule has 3 atom stereocenters. The van der Waals surface area contributed by atoms with Crippen molar-refractivity contribution in [1.29, 1.82) is 5.41 Å². The molecule has 0 aliphatic rings. The van der Waals surface area contributed by atoms with Crippen molar-refractivity contribution in [2.75, 3.05) is 23.3 Å². The molecule has 13 N–H and O–H groups in total. The number of carbonyl (C=O) groups is 5. The van der Waals surface area contributed by atoms with E-state index < -0.39 is 59.8 Å². The lowest BCUT2D eigenvalue weighted by molar-refractivity contribution is -0.141. The van der Waals surface area contributed by atoms with Gasteiger partial charge in [-0.25, -0.2) is 19.6 Å². The van der Waals surface area contributed by atoms with Crippen LogP contribution < -0.4 is 43.6 Å². The number of thiol groups is 1. The van der Waals surface area contributed by atoms with Gasteiger partial charge in [0, 0.05) is 30.0 Å². The molecule has 3 rings (SSSR count). The van der Waals surface area contributed by atoms with E-state index in [9.17, 15) is 39.0 Å². The number of aromatic nitrogens is 4. The highest BCUT2D eigenvalue weighted by Crippen LogP contribution is 2.13. The van der Waals surface area contributed by atoms with E-state index in [0.29, 0.717) is 11.4 Å². The van der Waals surface area contributed by atoms with Crippen molar-refractivity contribution in [3.63, 3.8) is 0 Å². The Labute approximate surface area is 283 Å². The standard InChI is InChI=1S/C28H36N12O8S/c29-27(30)32-9-1-2-16(23(43)38-18(12-49)26(47)48)36-19(41)8-7-17(25(45)46)37-22(42)13-3-5-14(6-4-13)33-10-15-11-34-21-20(35-15)24(44)40-28(31)39-21/h3-6,11,16-18,33,49H,1-2,7-10,12H2,(H,36,41)(H,37,42)(H,38,43)(H,45,46)(H,47,48)(H4,29,30,32)(H3,31,34,39,40,44)/t16-,17-,18-/m1/s1. The normalized spacial score (nSPS) is 12.6. The number of nitrogens with zero attached hydrogens (tertiary/aromatic N) is 3. The average Bonchev–Trinajstić information content (AvgIpc) is 3.05. The molecule has 3 amide bonds. The van der Waals surface area contributed by atoms with Crippen molar-refractivity contribution in [2.24, 2.45) is 5.73 Å². The summed E-state index contributed by atoms with van der Waals surface area (Å²) < 4.78 is 0. The van der Waals surface area contributed by atoms with Crippen molar-refractivity contribution < 1.29 is 34.2 Å². The summed E-state index contributed by atoms with van der Waals surface area (Å²) in [7, 11) is 0. The Hall–Kier alpha value is -5.99. The Morgan fingerprint density at radius 1 is 0.959 bits per heavy atom. The number of rotatable bonds is 18. The lowest BCUT2D eigenvalue weighted by atomic mass is 10.1. The van der Waals surface area contributed by atoms with Crippen molar-refractivity contribution in [2.45, 2.75) is 50.4 Å². The van der Waals surface area contributed by atoms with Crippen molar-refractivity contribution in [1.82, 2.24) is 41.2 Å². The molecule has 0 radical (unpaired) electrons. The molecule has 20 nitrogen and oxygen atoms in total. The zero-order chi connectivity index (χ0) is 36.1. The van der Waals surface area contributed by atoms with Gasteiger partial charge in [0.05, 0.1) is 18.4 Å². The second-order valence-electron chi connectivity index (χ2n) is 10.5. The first-order chi connectivity index (χ1) is 23.3. The third-order valence-corrected chi connectivity index (χ3v) is 7.17. The van der Waals surface area contributed by atoms with Crippen LogP contribution in [0.2, 0.25) is 0 Å². The van der Waals surface area contributed by atoms with Crippen LogP contribution in [0.5, 0.6) is 0 Å². The number of carboxylic acids is 2. The molecule has 0 unspecified atom stereocenters. The molecule has 2 aromatic heterocycles. The number of amides is 3. The fourth-order valence-corrected chi connectivity index (χ4v) is 4.53. The van der Waals surface area contributed by atoms with E-state index in [4.69, 9.17) is 16.9 Å². The van der Waals surface area contributed by atoms with Gasteiger partial charge in [-0.2, -0.15) is 17.6 Å². The Kier molecular flexibility index (Phi) is 13.6. The predicted octanol–water partition coefficient (Wildman–Crippen LogP) is -1.88. The summed E-state index contributed by atoms with van der Waals surface area (Å²) >= 11 is 3.91. The highest BCUT2D eigenvalue weighted by molar-refractivity contribution is 7.80. The average molecular weight is 701 g/mol. The van der Waals surface area contributed by atoms with Gasteiger partial charge >= 0.3 is 11.9 Å². The third-order valence-electron chi connectivity index (χ3n) is 6.80. The minimum absolute atomic E-state index is 0.0214. The van der Waals surface area contributed by atoms with Gasteiger partial charge in [0.25, 0.3) is 11.5 Å². The van der Waals surface area contributed by atoms with Gasteiger partial charge in [0.1, 0.15) is 18.1 Å². The number of aliphatic carboxylic acids is 2. The lowest BCUT2D eigenvalue weighted by Crippen LogP contribution is -2.52. The molecule has 0 aliphatic carbocycles. The van der Waals surface area contributed by atoms with E-state index >= 15 is 0 Å². The number of aromatic amines is 1. The monoisotopic (exact) mass is 700 g/mol. The van der Waals surface area contributed by atoms with E-state index in [1.54, 1.807) is 12.1 Å². The fraction of sp³-hybridized carbons (Fsp3) is 0.357. The summed E-state index contributed by atoms with van der Waals surface area (Å²) in [5, 5.41) is 38.9. The fourth-order valence-electron chi connectivity index (χ4n) is 4.28. The number of nitrogens with two attached hydrogens (primary N) is 2. The molecular weight excluding hydrogens is 664 g/mol. The van der Waals surface area contributed by atoms with E-state index in [1.165, 1.54) is 18.3 Å². The van der Waals surface area contributed by atoms with E-state index in [1.807, 2.05) is 0 Å². The SMILES string of the molecule is N=C(N)NCCC[C@@H](NC(=O)CC[C@@H](NC(=O)c1ccc(NCc2cnc3nc(N)[nH]c(=O)c3n2)cc1)C(=O)O)C(=O)N[C@H](CS)C(=O)O. The lowest BCUT2D eigenvalue weighted by Gasteiger charge is -2.21. The van der Waals surface area contributed by atoms with Gasteiger partial charge in [-0.05, 0) is 43.5 Å². The second-order valence-corrected chi connectivity index (χ2v) is 10.9. The minimum Gasteiger partial charge on any atom is -0.480 e. The summed E-state index contributed by atoms with van der Waals surface area (Å²) in [5.41, 5.74) is 11.5. The van der Waals surface area contributed by atoms with Crippen LogP contribution in [0.3, 0.4) is 0 Å². The van der Waals surface area contributed by atoms with E-state index in [-0.39, 0.29) is 66.7 Å². The summed E-state index contributed by atoms with van der Waals surface area (Å²) in [6, 6.07) is 2.09. The summed E-state index contributed by atoms with van der Waals surface area (Å²) in [4.78, 5) is 88.2. The smallest absolute Gasteiger partial charge is 0.327 e. The molecule has 3 aromatic rings. The number of H-pyrrole nitrogens is 1. The third kappa shape index (κ3) is 11.6. The predicted molar refractivity (Wildman–Crippen MR) is 179 cm³/mol. The first-order valence-corrected chi connectivity index (χ1v) is 15.3. The quantitative estimate of drug-likeness (QED) is 0.0299. The molecular formula is C28H36N12O8S. The van der Waals surface area contributed by atoms with Crippen molar-refractivity contribution >= 4 is 71.0 Å². The largest absolute Gasteiger partial charge is 0.480 e. The number of carboxylic acid groups (broad SMARTS) is 2. The zero-order valence-electron chi connectivity index (χ0n) is 25.9. The molecule has 0 aliphatic heterocycles. The number of carbonyl (C=O) groups excluding carboxylic acids is 3. The molecule has 0 spiro atoms. The molecule has 21 heteroatoms. The van der Waals surface area contributed by atoms with Gasteiger partial charge < -0.3 is 48.3 Å². The van der Waals surface area contributed by atoms with Gasteiger partial charge in [-0.3, -0.25) is 29.6 Å². The van der Waals surface area contributed by atoms with E-state index in [0.717, 1.165) is 0 Å². The maximum absolute atomic E-state index is 12.8. The first-order valence-electron chi connectivity index (χ1n) is 14.7. The first kappa shape index (κ1) is 37.5. The highest BCUT2D eigenvalue weighted by Gasteiger charge is 2.27. The molecule has 0 bridgehead atoms. The number of benzene rings is 1. The minimum atomic E-state index is -1.46. The molecule has 2 heterocycles. The highest BCUT2D eigenvalue weighted by atomic mass is 32.1. The number of hydrogen-bond acceptors (Lipinski definition) is 13. The van der Waals surface area contributed by atoms with Gasteiger partial charge in [-0.15, -0.1) is 0 Å². The number of nitrogen functional groups attached to an aromatic ring is 1. The number of fused-ring (bicyclic) bond motifs is 1. The van der Waals surface area contributed by atoms with Crippen molar-refractivity contribution in [3.8, 4) is 0 Å². The zero-order valence-corrected chi connectivity index (χ0v) is 26.8. The van der Waals surface area contributed by atoms with Crippen LogP contribution in [0.25, 0.3) is 11.2 Å². The van der Waals surface area contributed by atoms with Crippen LogP contribution in [0.1, 0.15) is 41.7 Å². The molecule has 0 saturated carbocycles. The van der Waals surface area contributed by atoms with Gasteiger partial charge in [0.15, 0.2) is 17.1 Å². The van der Waals surface area contributed by atoms with E-state index in [2.05, 4.69) is 59.1 Å².